The van der Waals surface area contributed by atoms with E-state index in [1.54, 1.807) is 0 Å². The monoisotopic (exact) mass is 170 g/mol. The first-order valence-corrected chi connectivity index (χ1v) is 3.89. The number of carbonyl (C=O) groups excluding carboxylic acids is 2. The second-order valence-electron chi connectivity index (χ2n) is 2.80. The van der Waals surface area contributed by atoms with Crippen molar-refractivity contribution >= 4 is 11.6 Å². The van der Waals surface area contributed by atoms with Gasteiger partial charge in [-0.15, -0.1) is 0 Å². The fourth-order valence-electron chi connectivity index (χ4n) is 0.668. The van der Waals surface area contributed by atoms with Gasteiger partial charge in [-0.2, -0.15) is 0 Å². The van der Waals surface area contributed by atoms with Crippen LogP contribution in [0.3, 0.4) is 0 Å². The van der Waals surface area contributed by atoms with Crippen LogP contribution in [0, 0.1) is 0 Å². The molecule has 0 aromatic heterocycles. The van der Waals surface area contributed by atoms with Crippen molar-refractivity contribution in [3.63, 3.8) is 0 Å². The summed E-state index contributed by atoms with van der Waals surface area (Å²) in [6, 6.07) is 0. The van der Waals surface area contributed by atoms with Crippen LogP contribution in [-0.2, 0) is 9.59 Å². The number of Topliss-reactive ketones (excluding diaryl/α,β-unsaturated/α-hetero) is 2. The average molecular weight is 170 g/mol. The number of hydrogen-bond acceptors (Lipinski definition) is 3. The highest BCUT2D eigenvalue weighted by Crippen LogP contribution is 2.02. The molecule has 0 saturated heterocycles. The summed E-state index contributed by atoms with van der Waals surface area (Å²) in [5.41, 5.74) is 0. The molecular weight excluding hydrogens is 156 g/mol. The first-order valence-electron chi connectivity index (χ1n) is 3.89. The Labute approximate surface area is 72.1 Å². The van der Waals surface area contributed by atoms with Crippen LogP contribution in [0.4, 0.5) is 0 Å². The number of rotatable bonds is 5. The molecule has 0 saturated carbocycles. The van der Waals surface area contributed by atoms with Crippen molar-refractivity contribution in [2.75, 3.05) is 0 Å². The Hall–Kier alpha value is -1.12. The molecule has 3 heteroatoms. The Bertz CT molecular complexity index is 204. The number of hydrogen-bond donors (Lipinski definition) is 1. The van der Waals surface area contributed by atoms with E-state index >= 15 is 0 Å². The molecule has 0 fully saturated rings. The fourth-order valence-corrected chi connectivity index (χ4v) is 0.668. The van der Waals surface area contributed by atoms with Gasteiger partial charge in [-0.3, -0.25) is 4.79 Å². The highest BCUT2D eigenvalue weighted by atomic mass is 16.3. The minimum absolute atomic E-state index is 0.00405. The summed E-state index contributed by atoms with van der Waals surface area (Å²) >= 11 is 0. The summed E-state index contributed by atoms with van der Waals surface area (Å²) in [4.78, 5) is 20.9. The molecule has 0 bridgehead atoms. The molecule has 68 valence electrons. The van der Waals surface area contributed by atoms with Gasteiger partial charge in [0, 0.05) is 19.3 Å². The summed E-state index contributed by atoms with van der Waals surface area (Å²) < 4.78 is 0. The second-order valence-corrected chi connectivity index (χ2v) is 2.80. The van der Waals surface area contributed by atoms with Crippen LogP contribution < -0.4 is 0 Å². The zero-order valence-corrected chi connectivity index (χ0v) is 7.46. The first-order chi connectivity index (χ1) is 5.52. The Morgan fingerprint density at radius 3 is 2.17 bits per heavy atom. The third-order valence-corrected chi connectivity index (χ3v) is 1.36. The van der Waals surface area contributed by atoms with Crippen LogP contribution in [-0.4, -0.2) is 16.7 Å². The maximum absolute atomic E-state index is 10.5. The molecule has 0 heterocycles. The summed E-state index contributed by atoms with van der Waals surface area (Å²) in [5, 5.41) is 9.10. The summed E-state index contributed by atoms with van der Waals surface area (Å²) in [6.45, 7) is 2.92. The van der Waals surface area contributed by atoms with Gasteiger partial charge in [0.2, 0.25) is 0 Å². The summed E-state index contributed by atoms with van der Waals surface area (Å²) in [7, 11) is 0. The predicted molar refractivity (Wildman–Crippen MR) is 45.9 cm³/mol. The Morgan fingerprint density at radius 2 is 1.75 bits per heavy atom. The molecule has 12 heavy (non-hydrogen) atoms. The third kappa shape index (κ3) is 6.99. The van der Waals surface area contributed by atoms with Crippen molar-refractivity contribution in [3.8, 4) is 0 Å². The molecule has 0 spiro atoms. The molecule has 3 nitrogen and oxygen atoms in total. The molecule has 0 rings (SSSR count). The fraction of sp³-hybridized carbons (Fsp3) is 0.556. The van der Waals surface area contributed by atoms with Crippen LogP contribution in [0.2, 0.25) is 0 Å². The lowest BCUT2D eigenvalue weighted by atomic mass is 10.2. The van der Waals surface area contributed by atoms with Gasteiger partial charge in [-0.25, -0.2) is 0 Å². The first kappa shape index (κ1) is 10.9. The molecule has 0 amide bonds. The maximum atomic E-state index is 10.5. The molecule has 0 aliphatic carbocycles. The lowest BCUT2D eigenvalue weighted by Gasteiger charge is -1.96. The molecule has 0 aromatic carbocycles. The van der Waals surface area contributed by atoms with E-state index in [0.29, 0.717) is 12.8 Å². The van der Waals surface area contributed by atoms with Gasteiger partial charge in [0.15, 0.2) is 0 Å². The molecule has 0 aliphatic heterocycles. The minimum atomic E-state index is 0.00405. The Balaban J connectivity index is 3.70. The number of aliphatic hydroxyl groups excluding tert-OH is 1. The van der Waals surface area contributed by atoms with Gasteiger partial charge in [-0.1, -0.05) is 0 Å². The van der Waals surface area contributed by atoms with Crippen LogP contribution in [0.15, 0.2) is 11.8 Å². The van der Waals surface area contributed by atoms with E-state index in [9.17, 15) is 9.59 Å². The van der Waals surface area contributed by atoms with E-state index in [-0.39, 0.29) is 23.7 Å². The number of ketones is 2. The summed E-state index contributed by atoms with van der Waals surface area (Å²) in [6.07, 6.45) is 2.36. The van der Waals surface area contributed by atoms with Gasteiger partial charge >= 0.3 is 0 Å². The van der Waals surface area contributed by atoms with Crippen molar-refractivity contribution in [2.45, 2.75) is 33.1 Å². The Morgan fingerprint density at radius 1 is 1.17 bits per heavy atom. The van der Waals surface area contributed by atoms with Gasteiger partial charge < -0.3 is 9.90 Å². The lowest BCUT2D eigenvalue weighted by Crippen LogP contribution is -1.93. The second kappa shape index (κ2) is 5.52. The highest BCUT2D eigenvalue weighted by molar-refractivity contribution is 5.77. The van der Waals surface area contributed by atoms with Crippen molar-refractivity contribution in [2.24, 2.45) is 0 Å². The predicted octanol–water partition coefficient (Wildman–Crippen LogP) is 1.78. The van der Waals surface area contributed by atoms with Crippen LogP contribution in [0.1, 0.15) is 33.1 Å². The van der Waals surface area contributed by atoms with Crippen molar-refractivity contribution in [1.29, 1.82) is 0 Å². The normalized spacial score (nSPS) is 11.3. The topological polar surface area (TPSA) is 54.4 Å². The lowest BCUT2D eigenvalue weighted by molar-refractivity contribution is -0.117. The van der Waals surface area contributed by atoms with Crippen molar-refractivity contribution < 1.29 is 14.7 Å². The maximum Gasteiger partial charge on any atom is 0.133 e. The van der Waals surface area contributed by atoms with E-state index < -0.39 is 0 Å². The zero-order valence-electron chi connectivity index (χ0n) is 7.46. The molecule has 0 radical (unpaired) electrons. The smallest absolute Gasteiger partial charge is 0.133 e. The van der Waals surface area contributed by atoms with E-state index in [1.807, 2.05) is 0 Å². The quantitative estimate of drug-likeness (QED) is 0.640. The van der Waals surface area contributed by atoms with Gasteiger partial charge in [0.1, 0.15) is 11.6 Å². The molecule has 0 unspecified atom stereocenters. The van der Waals surface area contributed by atoms with Crippen molar-refractivity contribution in [3.05, 3.63) is 11.8 Å². The minimum Gasteiger partial charge on any atom is -0.513 e. The van der Waals surface area contributed by atoms with E-state index in [0.717, 1.165) is 0 Å². The molecule has 0 aromatic rings. The summed E-state index contributed by atoms with van der Waals surface area (Å²) in [5.74, 6) is 0.169. The van der Waals surface area contributed by atoms with E-state index in [1.165, 1.54) is 19.9 Å². The van der Waals surface area contributed by atoms with Gasteiger partial charge in [0.05, 0.1) is 5.76 Å². The van der Waals surface area contributed by atoms with Gasteiger partial charge in [0.25, 0.3) is 0 Å². The number of allylic oxidation sites excluding steroid dienone is 2. The number of aliphatic hydroxyl groups is 1. The Kier molecular flexibility index (Phi) is 5.00. The van der Waals surface area contributed by atoms with E-state index in [4.69, 9.17) is 5.11 Å². The van der Waals surface area contributed by atoms with Gasteiger partial charge in [-0.05, 0) is 19.9 Å². The standard InChI is InChI=1S/C9H14O3/c1-7(10)3-5-9(12)6-4-8(2)11/h5,12H,3-4,6H2,1-2H3/b9-5-. The number of carbonyl (C=O) groups is 2. The molecule has 1 N–H and O–H groups in total. The van der Waals surface area contributed by atoms with Crippen LogP contribution in [0.25, 0.3) is 0 Å². The zero-order chi connectivity index (χ0) is 9.56. The molecule has 0 aliphatic rings. The van der Waals surface area contributed by atoms with E-state index in [2.05, 4.69) is 0 Å². The van der Waals surface area contributed by atoms with Crippen LogP contribution >= 0.6 is 0 Å². The molecule has 0 atom stereocenters. The average Bonchev–Trinajstić information content (AvgIpc) is 1.96. The largest absolute Gasteiger partial charge is 0.513 e. The highest BCUT2D eigenvalue weighted by Gasteiger charge is 1.97. The molecular formula is C9H14O3. The SMILES string of the molecule is CC(=O)C/C=C(\O)CCC(C)=O. The van der Waals surface area contributed by atoms with Crippen molar-refractivity contribution in [1.82, 2.24) is 0 Å². The third-order valence-electron chi connectivity index (χ3n) is 1.36. The van der Waals surface area contributed by atoms with Crippen LogP contribution in [0.5, 0.6) is 0 Å².